The Bertz CT molecular complexity index is 741. The molecule has 0 unspecified atom stereocenters. The van der Waals surface area contributed by atoms with Crippen LogP contribution in [0, 0.1) is 0 Å². The van der Waals surface area contributed by atoms with E-state index in [2.05, 4.69) is 27.3 Å². The van der Waals surface area contributed by atoms with E-state index in [1.54, 1.807) is 25.1 Å². The number of rotatable bonds is 5. The first-order valence-corrected chi connectivity index (χ1v) is 7.83. The molecule has 0 fully saturated rings. The third kappa shape index (κ3) is 3.12. The monoisotopic (exact) mass is 312 g/mol. The van der Waals surface area contributed by atoms with Crippen molar-refractivity contribution in [1.29, 1.82) is 0 Å². The van der Waals surface area contributed by atoms with Gasteiger partial charge in [-0.25, -0.2) is 0 Å². The molecule has 5 nitrogen and oxygen atoms in total. The largest absolute Gasteiger partial charge is 0.497 e. The molecule has 0 bridgehead atoms. The summed E-state index contributed by atoms with van der Waals surface area (Å²) in [4.78, 5) is 4.31. The minimum atomic E-state index is 0.776. The predicted octanol–water partition coefficient (Wildman–Crippen LogP) is 3.18. The molecule has 3 rings (SSSR count). The minimum Gasteiger partial charge on any atom is -0.497 e. The Morgan fingerprint density at radius 3 is 2.59 bits per heavy atom. The van der Waals surface area contributed by atoms with Gasteiger partial charge >= 0.3 is 0 Å². The molecule has 2 heterocycles. The highest BCUT2D eigenvalue weighted by Gasteiger charge is 2.11. The number of nitrogens with zero attached hydrogens (tertiary/aromatic N) is 4. The molecule has 6 heteroatoms. The lowest BCUT2D eigenvalue weighted by molar-refractivity contribution is 0.414. The summed E-state index contributed by atoms with van der Waals surface area (Å²) in [7, 11) is 3.63. The second-order valence-corrected chi connectivity index (χ2v) is 5.66. The van der Waals surface area contributed by atoms with Crippen molar-refractivity contribution in [3.05, 3.63) is 54.2 Å². The predicted molar refractivity (Wildman–Crippen MR) is 86.8 cm³/mol. The molecule has 112 valence electrons. The van der Waals surface area contributed by atoms with Gasteiger partial charge in [-0.2, -0.15) is 0 Å². The van der Waals surface area contributed by atoms with Gasteiger partial charge in [0.15, 0.2) is 11.0 Å². The van der Waals surface area contributed by atoms with Gasteiger partial charge in [0.25, 0.3) is 0 Å². The number of methoxy groups -OCH3 is 1. The lowest BCUT2D eigenvalue weighted by Gasteiger charge is -2.04. The lowest BCUT2D eigenvalue weighted by Crippen LogP contribution is -1.96. The normalized spacial score (nSPS) is 10.6. The van der Waals surface area contributed by atoms with Crippen LogP contribution in [0.5, 0.6) is 5.75 Å². The maximum atomic E-state index is 5.16. The SMILES string of the molecule is COc1ccc(CSc2nnc(-c3ccccn3)n2C)cc1. The summed E-state index contributed by atoms with van der Waals surface area (Å²) >= 11 is 1.65. The first-order chi connectivity index (χ1) is 10.8. The molecule has 0 amide bonds. The van der Waals surface area contributed by atoms with Crippen molar-refractivity contribution in [3.63, 3.8) is 0 Å². The maximum absolute atomic E-state index is 5.16. The summed E-state index contributed by atoms with van der Waals surface area (Å²) in [6.07, 6.45) is 1.76. The van der Waals surface area contributed by atoms with E-state index < -0.39 is 0 Å². The molecule has 0 aliphatic heterocycles. The van der Waals surface area contributed by atoms with Crippen molar-refractivity contribution >= 4 is 11.8 Å². The Kier molecular flexibility index (Phi) is 4.39. The van der Waals surface area contributed by atoms with E-state index in [1.807, 2.05) is 41.9 Å². The second-order valence-electron chi connectivity index (χ2n) is 4.72. The van der Waals surface area contributed by atoms with Crippen molar-refractivity contribution in [3.8, 4) is 17.3 Å². The van der Waals surface area contributed by atoms with Gasteiger partial charge in [0.05, 0.1) is 7.11 Å². The highest BCUT2D eigenvalue weighted by molar-refractivity contribution is 7.98. The lowest BCUT2D eigenvalue weighted by atomic mass is 10.2. The van der Waals surface area contributed by atoms with Crippen LogP contribution >= 0.6 is 11.8 Å². The summed E-state index contributed by atoms with van der Waals surface area (Å²) in [5.41, 5.74) is 2.04. The van der Waals surface area contributed by atoms with Crippen LogP contribution in [0.1, 0.15) is 5.56 Å². The van der Waals surface area contributed by atoms with Crippen molar-refractivity contribution in [2.75, 3.05) is 7.11 Å². The molecular formula is C16H16N4OS. The van der Waals surface area contributed by atoms with Crippen molar-refractivity contribution in [2.24, 2.45) is 7.05 Å². The third-order valence-electron chi connectivity index (χ3n) is 3.26. The van der Waals surface area contributed by atoms with Crippen molar-refractivity contribution in [1.82, 2.24) is 19.7 Å². The molecule has 2 aromatic heterocycles. The molecule has 3 aromatic rings. The van der Waals surface area contributed by atoms with Crippen molar-refractivity contribution in [2.45, 2.75) is 10.9 Å². The third-order valence-corrected chi connectivity index (χ3v) is 4.35. The molecule has 0 aliphatic carbocycles. The Balaban J connectivity index is 1.72. The average molecular weight is 312 g/mol. The Labute approximate surface area is 133 Å². The molecule has 22 heavy (non-hydrogen) atoms. The highest BCUT2D eigenvalue weighted by atomic mass is 32.2. The molecule has 0 N–H and O–H groups in total. The van der Waals surface area contributed by atoms with E-state index in [1.165, 1.54) is 5.56 Å². The van der Waals surface area contributed by atoms with Gasteiger partial charge in [0.1, 0.15) is 11.4 Å². The molecule has 0 saturated heterocycles. The zero-order valence-electron chi connectivity index (χ0n) is 12.4. The maximum Gasteiger partial charge on any atom is 0.191 e. The van der Waals surface area contributed by atoms with E-state index in [0.717, 1.165) is 28.2 Å². The molecule has 0 atom stereocenters. The Morgan fingerprint density at radius 2 is 1.91 bits per heavy atom. The minimum absolute atomic E-state index is 0.776. The Morgan fingerprint density at radius 1 is 1.09 bits per heavy atom. The van der Waals surface area contributed by atoms with Gasteiger partial charge in [-0.05, 0) is 29.8 Å². The van der Waals surface area contributed by atoms with Crippen molar-refractivity contribution < 1.29 is 4.74 Å². The topological polar surface area (TPSA) is 52.8 Å². The number of ether oxygens (including phenoxy) is 1. The van der Waals surface area contributed by atoms with E-state index in [0.29, 0.717) is 0 Å². The standard InChI is InChI=1S/C16H16N4OS/c1-20-15(14-5-3-4-10-17-14)18-19-16(20)22-11-12-6-8-13(21-2)9-7-12/h3-10H,11H2,1-2H3. The van der Waals surface area contributed by atoms with Crippen LogP contribution in [-0.4, -0.2) is 26.9 Å². The zero-order valence-corrected chi connectivity index (χ0v) is 13.2. The molecule has 0 saturated carbocycles. The molecular weight excluding hydrogens is 296 g/mol. The van der Waals surface area contributed by atoms with E-state index >= 15 is 0 Å². The first kappa shape index (κ1) is 14.6. The number of pyridine rings is 1. The van der Waals surface area contributed by atoms with Gasteiger partial charge < -0.3 is 9.30 Å². The fourth-order valence-corrected chi connectivity index (χ4v) is 2.90. The average Bonchev–Trinajstić information content (AvgIpc) is 2.95. The van der Waals surface area contributed by atoms with E-state index in [9.17, 15) is 0 Å². The molecule has 0 spiro atoms. The summed E-state index contributed by atoms with van der Waals surface area (Å²) < 4.78 is 7.13. The van der Waals surface area contributed by atoms with Gasteiger partial charge in [-0.3, -0.25) is 4.98 Å². The highest BCUT2D eigenvalue weighted by Crippen LogP contribution is 2.25. The number of benzene rings is 1. The molecule has 1 aromatic carbocycles. The van der Waals surface area contributed by atoms with Gasteiger partial charge in [0.2, 0.25) is 0 Å². The van der Waals surface area contributed by atoms with E-state index in [4.69, 9.17) is 4.74 Å². The van der Waals surface area contributed by atoms with Crippen LogP contribution in [0.15, 0.2) is 53.8 Å². The number of hydrogen-bond acceptors (Lipinski definition) is 5. The smallest absolute Gasteiger partial charge is 0.191 e. The van der Waals surface area contributed by atoms with Crippen LogP contribution in [0.25, 0.3) is 11.5 Å². The fraction of sp³-hybridized carbons (Fsp3) is 0.188. The summed E-state index contributed by atoms with van der Waals surface area (Å²) in [6, 6.07) is 13.8. The first-order valence-electron chi connectivity index (χ1n) is 6.84. The quantitative estimate of drug-likeness (QED) is 0.677. The van der Waals surface area contributed by atoms with Crippen LogP contribution < -0.4 is 4.74 Å². The van der Waals surface area contributed by atoms with Crippen LogP contribution in [-0.2, 0) is 12.8 Å². The van der Waals surface area contributed by atoms with Crippen LogP contribution in [0.2, 0.25) is 0 Å². The number of aromatic nitrogens is 4. The van der Waals surface area contributed by atoms with E-state index in [-0.39, 0.29) is 0 Å². The van der Waals surface area contributed by atoms with Gasteiger partial charge in [0, 0.05) is 19.0 Å². The number of thioether (sulfide) groups is 1. The number of hydrogen-bond donors (Lipinski definition) is 0. The van der Waals surface area contributed by atoms with Gasteiger partial charge in [-0.15, -0.1) is 10.2 Å². The molecule has 0 radical (unpaired) electrons. The Hall–Kier alpha value is -2.34. The zero-order chi connectivity index (χ0) is 15.4. The van der Waals surface area contributed by atoms with Crippen LogP contribution in [0.4, 0.5) is 0 Å². The second kappa shape index (κ2) is 6.62. The molecule has 0 aliphatic rings. The summed E-state index contributed by atoms with van der Waals surface area (Å²) in [5.74, 6) is 2.47. The summed E-state index contributed by atoms with van der Waals surface area (Å²) in [5, 5.41) is 9.36. The van der Waals surface area contributed by atoms with Crippen LogP contribution in [0.3, 0.4) is 0 Å². The van der Waals surface area contributed by atoms with Gasteiger partial charge in [-0.1, -0.05) is 30.0 Å². The summed E-state index contributed by atoms with van der Waals surface area (Å²) in [6.45, 7) is 0. The fourth-order valence-electron chi connectivity index (χ4n) is 2.03.